The molecule has 0 aliphatic carbocycles. The van der Waals surface area contributed by atoms with Crippen LogP contribution in [0.4, 0.5) is 0 Å². The Bertz CT molecular complexity index is 534. The van der Waals surface area contributed by atoms with Crippen molar-refractivity contribution in [2.75, 3.05) is 19.7 Å². The lowest BCUT2D eigenvalue weighted by atomic mass is 10.1. The SMILES string of the molecule is CCOC(=O)C1CCCN1CC1Cc2cc(Cl)ccc2O1. The number of nitrogens with zero attached hydrogens (tertiary/aromatic N) is 1. The van der Waals surface area contributed by atoms with Crippen molar-refractivity contribution in [2.24, 2.45) is 0 Å². The van der Waals surface area contributed by atoms with Crippen LogP contribution in [-0.4, -0.2) is 42.7 Å². The lowest BCUT2D eigenvalue weighted by molar-refractivity contribution is -0.148. The number of hydrogen-bond donors (Lipinski definition) is 0. The smallest absolute Gasteiger partial charge is 0.323 e. The van der Waals surface area contributed by atoms with E-state index in [0.29, 0.717) is 6.61 Å². The standard InChI is InChI=1S/C16H20ClNO3/c1-2-20-16(19)14-4-3-7-18(14)10-13-9-11-8-12(17)5-6-15(11)21-13/h5-6,8,13-14H,2-4,7,9-10H2,1H3. The Morgan fingerprint density at radius 3 is 3.19 bits per heavy atom. The summed E-state index contributed by atoms with van der Waals surface area (Å²) < 4.78 is 11.1. The molecule has 1 saturated heterocycles. The maximum atomic E-state index is 12.0. The predicted molar refractivity (Wildman–Crippen MR) is 80.8 cm³/mol. The quantitative estimate of drug-likeness (QED) is 0.802. The van der Waals surface area contributed by atoms with E-state index in [-0.39, 0.29) is 18.1 Å². The number of likely N-dealkylation sites (tertiary alicyclic amines) is 1. The molecule has 1 fully saturated rings. The highest BCUT2D eigenvalue weighted by molar-refractivity contribution is 6.30. The topological polar surface area (TPSA) is 38.8 Å². The largest absolute Gasteiger partial charge is 0.488 e. The van der Waals surface area contributed by atoms with E-state index in [1.54, 1.807) is 0 Å². The summed E-state index contributed by atoms with van der Waals surface area (Å²) in [5.74, 6) is 0.810. The maximum absolute atomic E-state index is 12.0. The second kappa shape index (κ2) is 6.24. The van der Waals surface area contributed by atoms with Gasteiger partial charge in [0.1, 0.15) is 17.9 Å². The molecule has 2 heterocycles. The summed E-state index contributed by atoms with van der Waals surface area (Å²) in [7, 11) is 0. The van der Waals surface area contributed by atoms with E-state index < -0.39 is 0 Å². The van der Waals surface area contributed by atoms with Crippen LogP contribution in [0.25, 0.3) is 0 Å². The molecule has 0 N–H and O–H groups in total. The van der Waals surface area contributed by atoms with E-state index in [1.807, 2.05) is 25.1 Å². The molecule has 0 amide bonds. The number of esters is 1. The lowest BCUT2D eigenvalue weighted by Crippen LogP contribution is -2.42. The number of benzene rings is 1. The fraction of sp³-hybridized carbons (Fsp3) is 0.562. The maximum Gasteiger partial charge on any atom is 0.323 e. The van der Waals surface area contributed by atoms with Gasteiger partial charge in [0, 0.05) is 18.0 Å². The molecule has 2 aliphatic rings. The van der Waals surface area contributed by atoms with E-state index in [9.17, 15) is 4.79 Å². The van der Waals surface area contributed by atoms with Crippen molar-refractivity contribution in [3.63, 3.8) is 0 Å². The van der Waals surface area contributed by atoms with Gasteiger partial charge >= 0.3 is 5.97 Å². The summed E-state index contributed by atoms with van der Waals surface area (Å²) in [6.07, 6.45) is 2.86. The van der Waals surface area contributed by atoms with Crippen LogP contribution in [0.15, 0.2) is 18.2 Å². The number of halogens is 1. The van der Waals surface area contributed by atoms with E-state index in [4.69, 9.17) is 21.1 Å². The highest BCUT2D eigenvalue weighted by Crippen LogP contribution is 2.32. The van der Waals surface area contributed by atoms with Crippen molar-refractivity contribution in [3.8, 4) is 5.75 Å². The Kier molecular flexibility index (Phi) is 4.36. The van der Waals surface area contributed by atoms with Crippen LogP contribution in [0, 0.1) is 0 Å². The van der Waals surface area contributed by atoms with Crippen LogP contribution in [-0.2, 0) is 16.0 Å². The average molecular weight is 310 g/mol. The van der Waals surface area contributed by atoms with Crippen LogP contribution < -0.4 is 4.74 Å². The highest BCUT2D eigenvalue weighted by atomic mass is 35.5. The van der Waals surface area contributed by atoms with Gasteiger partial charge in [-0.1, -0.05) is 11.6 Å². The first kappa shape index (κ1) is 14.7. The first-order valence-electron chi connectivity index (χ1n) is 7.53. The third kappa shape index (κ3) is 3.16. The van der Waals surface area contributed by atoms with E-state index in [0.717, 1.165) is 48.7 Å². The number of carbonyl (C=O) groups excluding carboxylic acids is 1. The van der Waals surface area contributed by atoms with Gasteiger partial charge in [-0.3, -0.25) is 9.69 Å². The fourth-order valence-corrected chi connectivity index (χ4v) is 3.40. The molecule has 0 aromatic heterocycles. The summed E-state index contributed by atoms with van der Waals surface area (Å²) in [6.45, 7) is 3.97. The summed E-state index contributed by atoms with van der Waals surface area (Å²) in [4.78, 5) is 14.2. The summed E-state index contributed by atoms with van der Waals surface area (Å²) in [5, 5.41) is 0.739. The van der Waals surface area contributed by atoms with Crippen molar-refractivity contribution in [1.82, 2.24) is 4.90 Å². The summed E-state index contributed by atoms with van der Waals surface area (Å²) >= 11 is 6.01. The Hall–Kier alpha value is -1.26. The van der Waals surface area contributed by atoms with Gasteiger partial charge in [-0.25, -0.2) is 0 Å². The zero-order valence-corrected chi connectivity index (χ0v) is 12.9. The molecule has 2 aliphatic heterocycles. The molecule has 0 spiro atoms. The van der Waals surface area contributed by atoms with Crippen molar-refractivity contribution in [2.45, 2.75) is 38.3 Å². The molecule has 1 aromatic rings. The monoisotopic (exact) mass is 309 g/mol. The van der Waals surface area contributed by atoms with Gasteiger partial charge in [0.15, 0.2) is 0 Å². The Balaban J connectivity index is 1.61. The van der Waals surface area contributed by atoms with Crippen LogP contribution >= 0.6 is 11.6 Å². The number of carbonyl (C=O) groups is 1. The van der Waals surface area contributed by atoms with Crippen molar-refractivity contribution < 1.29 is 14.3 Å². The molecule has 1 aromatic carbocycles. The minimum absolute atomic E-state index is 0.0912. The zero-order chi connectivity index (χ0) is 14.8. The van der Waals surface area contributed by atoms with Crippen LogP contribution in [0.2, 0.25) is 5.02 Å². The number of hydrogen-bond acceptors (Lipinski definition) is 4. The zero-order valence-electron chi connectivity index (χ0n) is 12.2. The molecule has 2 atom stereocenters. The minimum Gasteiger partial charge on any atom is -0.488 e. The molecule has 0 bridgehead atoms. The second-order valence-electron chi connectivity index (χ2n) is 5.60. The van der Waals surface area contributed by atoms with Gasteiger partial charge in [0.2, 0.25) is 0 Å². The molecule has 2 unspecified atom stereocenters. The molecule has 0 radical (unpaired) electrons. The van der Waals surface area contributed by atoms with E-state index in [2.05, 4.69) is 4.90 Å². The number of fused-ring (bicyclic) bond motifs is 1. The highest BCUT2D eigenvalue weighted by Gasteiger charge is 2.35. The van der Waals surface area contributed by atoms with Crippen molar-refractivity contribution in [3.05, 3.63) is 28.8 Å². The van der Waals surface area contributed by atoms with Crippen LogP contribution in [0.3, 0.4) is 0 Å². The van der Waals surface area contributed by atoms with E-state index in [1.165, 1.54) is 0 Å². The van der Waals surface area contributed by atoms with E-state index >= 15 is 0 Å². The van der Waals surface area contributed by atoms with Gasteiger partial charge < -0.3 is 9.47 Å². The minimum atomic E-state index is -0.110. The fourth-order valence-electron chi connectivity index (χ4n) is 3.20. The summed E-state index contributed by atoms with van der Waals surface area (Å²) in [6, 6.07) is 5.62. The summed E-state index contributed by atoms with van der Waals surface area (Å²) in [5.41, 5.74) is 1.15. The first-order valence-corrected chi connectivity index (χ1v) is 7.91. The van der Waals surface area contributed by atoms with Crippen molar-refractivity contribution in [1.29, 1.82) is 0 Å². The molecular weight excluding hydrogens is 290 g/mol. The molecule has 3 rings (SSSR count). The second-order valence-corrected chi connectivity index (χ2v) is 6.04. The molecule has 5 heteroatoms. The average Bonchev–Trinajstić information content (AvgIpc) is 3.05. The number of rotatable bonds is 4. The molecule has 114 valence electrons. The normalized spacial score (nSPS) is 24.7. The van der Waals surface area contributed by atoms with Gasteiger partial charge in [0.25, 0.3) is 0 Å². The third-order valence-electron chi connectivity index (χ3n) is 4.12. The van der Waals surface area contributed by atoms with Crippen LogP contribution in [0.1, 0.15) is 25.3 Å². The Morgan fingerprint density at radius 2 is 2.38 bits per heavy atom. The molecular formula is C16H20ClNO3. The molecule has 4 nitrogen and oxygen atoms in total. The molecule has 21 heavy (non-hydrogen) atoms. The van der Waals surface area contributed by atoms with Crippen LogP contribution in [0.5, 0.6) is 5.75 Å². The Labute approximate surface area is 130 Å². The first-order chi connectivity index (χ1) is 10.2. The predicted octanol–water partition coefficient (Wildman–Crippen LogP) is 2.67. The third-order valence-corrected chi connectivity index (χ3v) is 4.36. The molecule has 0 saturated carbocycles. The Morgan fingerprint density at radius 1 is 1.52 bits per heavy atom. The lowest BCUT2D eigenvalue weighted by Gasteiger charge is -2.25. The van der Waals surface area contributed by atoms with Gasteiger partial charge in [-0.05, 0) is 50.1 Å². The van der Waals surface area contributed by atoms with Gasteiger partial charge in [-0.15, -0.1) is 0 Å². The number of ether oxygens (including phenoxy) is 2. The van der Waals surface area contributed by atoms with Gasteiger partial charge in [0.05, 0.1) is 6.61 Å². The van der Waals surface area contributed by atoms with Crippen molar-refractivity contribution >= 4 is 17.6 Å². The van der Waals surface area contributed by atoms with Gasteiger partial charge in [-0.2, -0.15) is 0 Å².